The summed E-state index contributed by atoms with van der Waals surface area (Å²) in [5, 5.41) is 12.5. The molecule has 5 aromatic rings. The average molecular weight is 729 g/mol. The Morgan fingerprint density at radius 2 is 1.94 bits per heavy atom. The highest BCUT2D eigenvalue weighted by Gasteiger charge is 2.69. The molecule has 2 amide bonds. The van der Waals surface area contributed by atoms with Gasteiger partial charge in [-0.05, 0) is 73.0 Å². The molecule has 0 unspecified atom stereocenters. The van der Waals surface area contributed by atoms with E-state index in [0.717, 1.165) is 28.0 Å². The van der Waals surface area contributed by atoms with Crippen LogP contribution in [0.4, 0.5) is 10.1 Å². The number of aromatic nitrogens is 2. The molecule has 0 aliphatic carbocycles. The molecular formula is C39H36Cl2FN5O4. The van der Waals surface area contributed by atoms with E-state index in [9.17, 15) is 9.59 Å². The molecular weight excluding hydrogens is 692 g/mol. The normalized spacial score (nSPS) is 21.9. The zero-order valence-corrected chi connectivity index (χ0v) is 29.8. The van der Waals surface area contributed by atoms with Crippen molar-refractivity contribution in [3.8, 4) is 5.75 Å². The van der Waals surface area contributed by atoms with Gasteiger partial charge >= 0.3 is 0 Å². The molecule has 8 rings (SSSR count). The lowest BCUT2D eigenvalue weighted by molar-refractivity contribution is -0.128. The van der Waals surface area contributed by atoms with Crippen LogP contribution in [0.2, 0.25) is 10.0 Å². The highest BCUT2D eigenvalue weighted by atomic mass is 35.5. The summed E-state index contributed by atoms with van der Waals surface area (Å²) in [5.41, 5.74) is 4.13. The zero-order chi connectivity index (χ0) is 35.6. The first-order valence-electron chi connectivity index (χ1n) is 17.0. The van der Waals surface area contributed by atoms with Crippen LogP contribution in [-0.2, 0) is 28.0 Å². The van der Waals surface area contributed by atoms with Crippen molar-refractivity contribution in [2.75, 3.05) is 32.2 Å². The van der Waals surface area contributed by atoms with Crippen LogP contribution < -0.4 is 15.4 Å². The molecule has 9 nitrogen and oxygen atoms in total. The Hall–Kier alpha value is -4.48. The van der Waals surface area contributed by atoms with E-state index in [-0.39, 0.29) is 22.9 Å². The van der Waals surface area contributed by atoms with Gasteiger partial charge in [-0.15, -0.1) is 0 Å². The van der Waals surface area contributed by atoms with Gasteiger partial charge in [0.1, 0.15) is 17.1 Å². The van der Waals surface area contributed by atoms with Gasteiger partial charge in [0.05, 0.1) is 29.8 Å². The van der Waals surface area contributed by atoms with Crippen molar-refractivity contribution in [2.45, 2.75) is 50.4 Å². The predicted octanol–water partition coefficient (Wildman–Crippen LogP) is 7.18. The van der Waals surface area contributed by atoms with Gasteiger partial charge in [-0.1, -0.05) is 53.5 Å². The summed E-state index contributed by atoms with van der Waals surface area (Å²) in [6, 6.07) is 21.2. The third kappa shape index (κ3) is 5.22. The largest absolute Gasteiger partial charge is 0.494 e. The molecule has 1 saturated heterocycles. The number of carbonyl (C=O) groups is 2. The zero-order valence-electron chi connectivity index (χ0n) is 28.3. The molecule has 0 radical (unpaired) electrons. The molecule has 3 aliphatic heterocycles. The van der Waals surface area contributed by atoms with E-state index in [4.69, 9.17) is 37.8 Å². The summed E-state index contributed by atoms with van der Waals surface area (Å²) >= 11 is 13.0. The number of hydrogen-bond donors (Lipinski definition) is 2. The Balaban J connectivity index is 1.35. The average Bonchev–Trinajstić information content (AvgIpc) is 3.80. The topological polar surface area (TPSA) is 97.7 Å². The number of anilines is 1. The molecule has 3 aliphatic rings. The number of halogens is 3. The third-order valence-corrected chi connectivity index (χ3v) is 11.1. The molecule has 1 aromatic heterocycles. The van der Waals surface area contributed by atoms with Gasteiger partial charge < -0.3 is 20.1 Å². The number of likely N-dealkylation sites (tertiary alicyclic amines) is 1. The summed E-state index contributed by atoms with van der Waals surface area (Å²) in [4.78, 5) is 30.2. The minimum Gasteiger partial charge on any atom is -0.494 e. The van der Waals surface area contributed by atoms with Crippen molar-refractivity contribution >= 4 is 51.6 Å². The first-order valence-corrected chi connectivity index (χ1v) is 17.8. The van der Waals surface area contributed by atoms with Crippen LogP contribution in [0.1, 0.15) is 57.2 Å². The van der Waals surface area contributed by atoms with Crippen molar-refractivity contribution in [1.29, 1.82) is 0 Å². The van der Waals surface area contributed by atoms with Crippen LogP contribution in [-0.4, -0.2) is 59.4 Å². The first-order chi connectivity index (χ1) is 24.7. The van der Waals surface area contributed by atoms with E-state index in [1.807, 2.05) is 61.0 Å². The van der Waals surface area contributed by atoms with Crippen LogP contribution in [0, 0.1) is 12.7 Å². The lowest BCUT2D eigenvalue weighted by Gasteiger charge is -2.40. The molecule has 51 heavy (non-hydrogen) atoms. The van der Waals surface area contributed by atoms with Crippen molar-refractivity contribution < 1.29 is 23.5 Å². The highest BCUT2D eigenvalue weighted by molar-refractivity contribution is 6.31. The molecule has 0 saturated carbocycles. The molecule has 0 bridgehead atoms. The Bertz CT molecular complexity index is 2230. The molecule has 262 valence electrons. The maximum atomic E-state index is 16.5. The van der Waals surface area contributed by atoms with Gasteiger partial charge in [0.2, 0.25) is 5.91 Å². The maximum absolute atomic E-state index is 16.5. The SMILES string of the molecule is CCOc1cccc(CN2[C@H]3Cc4c5cc(C)c(C(=O)NCCOC)cc5nn4[C@H]3[C@H](c3cccc(Cl)c3F)[C@]23C(=O)Nc2cc(Cl)ccc23)c1. The number of amides is 2. The first kappa shape index (κ1) is 33.7. The predicted molar refractivity (Wildman–Crippen MR) is 194 cm³/mol. The molecule has 2 N–H and O–H groups in total. The van der Waals surface area contributed by atoms with Crippen molar-refractivity contribution in [3.05, 3.63) is 122 Å². The Morgan fingerprint density at radius 3 is 2.75 bits per heavy atom. The van der Waals surface area contributed by atoms with E-state index in [0.29, 0.717) is 65.6 Å². The highest BCUT2D eigenvalue weighted by Crippen LogP contribution is 2.64. The van der Waals surface area contributed by atoms with Gasteiger partial charge in [0, 0.05) is 71.5 Å². The number of benzene rings is 4. The number of nitrogens with zero attached hydrogens (tertiary/aromatic N) is 3. The second-order valence-corrected chi connectivity index (χ2v) is 14.2. The summed E-state index contributed by atoms with van der Waals surface area (Å²) in [6.07, 6.45) is 0.530. The van der Waals surface area contributed by atoms with Crippen LogP contribution in [0.3, 0.4) is 0 Å². The van der Waals surface area contributed by atoms with Gasteiger partial charge in [-0.2, -0.15) is 5.10 Å². The van der Waals surface area contributed by atoms with E-state index in [1.165, 1.54) is 6.07 Å². The fraction of sp³-hybridized carbons (Fsp3) is 0.308. The lowest BCUT2D eigenvalue weighted by Crippen LogP contribution is -2.52. The third-order valence-electron chi connectivity index (χ3n) is 10.6. The van der Waals surface area contributed by atoms with Crippen molar-refractivity contribution in [2.24, 2.45) is 0 Å². The van der Waals surface area contributed by atoms with Gasteiger partial charge in [-0.3, -0.25) is 19.2 Å². The Kier molecular flexibility index (Phi) is 8.53. The fourth-order valence-electron chi connectivity index (χ4n) is 8.59. The Morgan fingerprint density at radius 1 is 1.12 bits per heavy atom. The number of carbonyl (C=O) groups excluding carboxylic acids is 2. The Labute approximate surface area is 304 Å². The quantitative estimate of drug-likeness (QED) is 0.156. The second-order valence-electron chi connectivity index (χ2n) is 13.3. The second kappa shape index (κ2) is 12.9. The van der Waals surface area contributed by atoms with Gasteiger partial charge in [-0.25, -0.2) is 4.39 Å². The molecule has 4 aromatic carbocycles. The monoisotopic (exact) mass is 727 g/mol. The minimum absolute atomic E-state index is 0.0274. The van der Waals surface area contributed by atoms with E-state index in [2.05, 4.69) is 15.5 Å². The minimum atomic E-state index is -1.36. The number of ether oxygens (including phenoxy) is 2. The smallest absolute Gasteiger partial charge is 0.251 e. The number of nitrogens with one attached hydrogen (secondary N) is 2. The summed E-state index contributed by atoms with van der Waals surface area (Å²) in [6.45, 7) is 5.50. The van der Waals surface area contributed by atoms with Gasteiger partial charge in [0.15, 0.2) is 0 Å². The standard InChI is InChI=1S/C39H36Cl2FN5O4/c1-4-51-24-8-5-7-22(16-24)20-46-33-19-32-27-15-21(2)26(37(48)43-13-14-50-3)18-30(27)45-47(32)36(33)34(25-9-6-10-29(41)35(25)42)39(46)28-12-11-23(40)17-31(28)44-38(39)49/h5-12,15-18,33-34,36H,4,13-14,19-20H2,1-3H3,(H,43,48)(H,44,49)/t33-,34-,36+,39+/m0/s1. The molecule has 1 spiro atoms. The molecule has 4 atom stereocenters. The summed E-state index contributed by atoms with van der Waals surface area (Å²) in [5.74, 6) is -1.10. The number of aryl methyl sites for hydroxylation is 1. The van der Waals surface area contributed by atoms with E-state index in [1.54, 1.807) is 31.4 Å². The fourth-order valence-corrected chi connectivity index (χ4v) is 8.94. The number of rotatable bonds is 9. The van der Waals surface area contributed by atoms with Crippen LogP contribution >= 0.6 is 23.2 Å². The number of fused-ring (bicyclic) bond motifs is 7. The molecule has 12 heteroatoms. The molecule has 1 fully saturated rings. The lowest BCUT2D eigenvalue weighted by atomic mass is 9.73. The summed E-state index contributed by atoms with van der Waals surface area (Å²) < 4.78 is 29.4. The van der Waals surface area contributed by atoms with Crippen LogP contribution in [0.25, 0.3) is 10.9 Å². The molecule has 4 heterocycles. The summed E-state index contributed by atoms with van der Waals surface area (Å²) in [7, 11) is 1.58. The maximum Gasteiger partial charge on any atom is 0.251 e. The number of hydrogen-bond acceptors (Lipinski definition) is 6. The van der Waals surface area contributed by atoms with E-state index >= 15 is 4.39 Å². The van der Waals surface area contributed by atoms with Crippen LogP contribution in [0.5, 0.6) is 5.75 Å². The van der Waals surface area contributed by atoms with Gasteiger partial charge in [0.25, 0.3) is 5.91 Å². The number of methoxy groups -OCH3 is 1. The van der Waals surface area contributed by atoms with E-state index < -0.39 is 23.3 Å². The van der Waals surface area contributed by atoms with Crippen molar-refractivity contribution in [3.63, 3.8) is 0 Å². The van der Waals surface area contributed by atoms with Crippen LogP contribution in [0.15, 0.2) is 72.8 Å². The van der Waals surface area contributed by atoms with Crippen molar-refractivity contribution in [1.82, 2.24) is 20.0 Å².